The highest BCUT2D eigenvalue weighted by molar-refractivity contribution is 5.89. The van der Waals surface area contributed by atoms with Gasteiger partial charge in [-0.1, -0.05) is 30.3 Å². The Balaban J connectivity index is 2.04. The quantitative estimate of drug-likeness (QED) is 0.779. The van der Waals surface area contributed by atoms with E-state index in [2.05, 4.69) is 4.98 Å². The molecule has 0 radical (unpaired) electrons. The van der Waals surface area contributed by atoms with E-state index < -0.39 is 5.97 Å². The lowest BCUT2D eigenvalue weighted by Gasteiger charge is -2.07. The van der Waals surface area contributed by atoms with E-state index in [-0.39, 0.29) is 0 Å². The first-order chi connectivity index (χ1) is 9.25. The van der Waals surface area contributed by atoms with E-state index in [0.717, 1.165) is 16.6 Å². The first-order valence-corrected chi connectivity index (χ1v) is 5.97. The SMILES string of the molecule is O=C(O)c1ccccc1Cn1cnc2ccccc21. The molecule has 0 saturated heterocycles. The molecule has 3 rings (SSSR count). The standard InChI is InChI=1S/C15H12N2O2/c18-15(19)12-6-2-1-5-11(12)9-17-10-16-13-7-3-4-8-14(13)17/h1-8,10H,9H2,(H,18,19). The largest absolute Gasteiger partial charge is 0.478 e. The number of nitrogens with zero attached hydrogens (tertiary/aromatic N) is 2. The Bertz CT molecular complexity index is 746. The van der Waals surface area contributed by atoms with E-state index in [1.165, 1.54) is 0 Å². The average molecular weight is 252 g/mol. The highest BCUT2D eigenvalue weighted by Gasteiger charge is 2.10. The van der Waals surface area contributed by atoms with Crippen LogP contribution >= 0.6 is 0 Å². The number of carbonyl (C=O) groups is 1. The zero-order chi connectivity index (χ0) is 13.2. The van der Waals surface area contributed by atoms with Gasteiger partial charge in [-0.15, -0.1) is 0 Å². The molecule has 19 heavy (non-hydrogen) atoms. The number of aromatic nitrogens is 2. The number of aromatic carboxylic acids is 1. The molecule has 2 aromatic carbocycles. The molecule has 0 aliphatic rings. The van der Waals surface area contributed by atoms with Crippen molar-refractivity contribution in [3.63, 3.8) is 0 Å². The molecule has 0 unspecified atom stereocenters. The normalized spacial score (nSPS) is 10.7. The summed E-state index contributed by atoms with van der Waals surface area (Å²) in [6, 6.07) is 14.8. The average Bonchev–Trinajstić information content (AvgIpc) is 2.83. The Kier molecular flexibility index (Phi) is 2.76. The summed E-state index contributed by atoms with van der Waals surface area (Å²) < 4.78 is 1.96. The predicted octanol–water partition coefficient (Wildman–Crippen LogP) is 2.78. The maximum absolute atomic E-state index is 11.2. The van der Waals surface area contributed by atoms with Gasteiger partial charge in [0, 0.05) is 6.54 Å². The number of hydrogen-bond donors (Lipinski definition) is 1. The number of fused-ring (bicyclic) bond motifs is 1. The van der Waals surface area contributed by atoms with Crippen LogP contribution in [0.25, 0.3) is 11.0 Å². The molecule has 3 aromatic rings. The molecule has 0 fully saturated rings. The van der Waals surface area contributed by atoms with E-state index in [1.54, 1.807) is 18.5 Å². The predicted molar refractivity (Wildman–Crippen MR) is 72.2 cm³/mol. The van der Waals surface area contributed by atoms with Crippen LogP contribution in [0.5, 0.6) is 0 Å². The number of hydrogen-bond acceptors (Lipinski definition) is 2. The minimum absolute atomic E-state index is 0.334. The third-order valence-corrected chi connectivity index (χ3v) is 3.12. The van der Waals surface area contributed by atoms with Gasteiger partial charge in [-0.05, 0) is 23.8 Å². The van der Waals surface area contributed by atoms with Gasteiger partial charge in [-0.3, -0.25) is 0 Å². The van der Waals surface area contributed by atoms with Crippen LogP contribution in [0.3, 0.4) is 0 Å². The van der Waals surface area contributed by atoms with Crippen LogP contribution in [0.15, 0.2) is 54.9 Å². The number of imidazole rings is 1. The molecular formula is C15H12N2O2. The van der Waals surface area contributed by atoms with Crippen molar-refractivity contribution in [3.05, 3.63) is 66.0 Å². The molecule has 1 N–H and O–H groups in total. The van der Waals surface area contributed by atoms with Gasteiger partial charge in [0.05, 0.1) is 22.9 Å². The fraction of sp³-hybridized carbons (Fsp3) is 0.0667. The van der Waals surface area contributed by atoms with Crippen LogP contribution in [0, 0.1) is 0 Å². The van der Waals surface area contributed by atoms with Gasteiger partial charge in [0.1, 0.15) is 0 Å². The summed E-state index contributed by atoms with van der Waals surface area (Å²) in [6.45, 7) is 0.503. The summed E-state index contributed by atoms with van der Waals surface area (Å²) in [6.07, 6.45) is 1.74. The summed E-state index contributed by atoms with van der Waals surface area (Å²) in [5, 5.41) is 9.18. The van der Waals surface area contributed by atoms with Crippen molar-refractivity contribution in [1.82, 2.24) is 9.55 Å². The molecule has 94 valence electrons. The molecule has 0 saturated carbocycles. The summed E-state index contributed by atoms with van der Waals surface area (Å²) in [7, 11) is 0. The van der Waals surface area contributed by atoms with Crippen LogP contribution in [-0.2, 0) is 6.54 Å². The Labute approximate surface area is 109 Å². The zero-order valence-corrected chi connectivity index (χ0v) is 10.2. The molecule has 4 nitrogen and oxygen atoms in total. The second-order valence-electron chi connectivity index (χ2n) is 4.32. The van der Waals surface area contributed by atoms with E-state index in [1.807, 2.05) is 41.0 Å². The minimum Gasteiger partial charge on any atom is -0.478 e. The number of carboxylic acid groups (broad SMARTS) is 1. The maximum Gasteiger partial charge on any atom is 0.336 e. The molecule has 0 amide bonds. The first kappa shape index (κ1) is 11.5. The van der Waals surface area contributed by atoms with Gasteiger partial charge < -0.3 is 9.67 Å². The van der Waals surface area contributed by atoms with Gasteiger partial charge in [0.25, 0.3) is 0 Å². The van der Waals surface area contributed by atoms with Gasteiger partial charge in [0.2, 0.25) is 0 Å². The molecule has 0 aliphatic heterocycles. The van der Waals surface area contributed by atoms with Crippen LogP contribution < -0.4 is 0 Å². The molecule has 4 heteroatoms. The molecule has 0 spiro atoms. The van der Waals surface area contributed by atoms with Crippen LogP contribution in [0.1, 0.15) is 15.9 Å². The van der Waals surface area contributed by atoms with Crippen molar-refractivity contribution in [3.8, 4) is 0 Å². The lowest BCUT2D eigenvalue weighted by molar-refractivity contribution is 0.0695. The van der Waals surface area contributed by atoms with Gasteiger partial charge in [-0.25, -0.2) is 9.78 Å². The fourth-order valence-corrected chi connectivity index (χ4v) is 2.19. The summed E-state index contributed by atoms with van der Waals surface area (Å²) in [5.41, 5.74) is 3.02. The lowest BCUT2D eigenvalue weighted by atomic mass is 10.1. The van der Waals surface area contributed by atoms with Crippen molar-refractivity contribution in [2.75, 3.05) is 0 Å². The number of para-hydroxylation sites is 2. The zero-order valence-electron chi connectivity index (χ0n) is 10.2. The fourth-order valence-electron chi connectivity index (χ4n) is 2.19. The van der Waals surface area contributed by atoms with Crippen LogP contribution in [0.4, 0.5) is 0 Å². The molecule has 1 heterocycles. The van der Waals surface area contributed by atoms with Crippen molar-refractivity contribution < 1.29 is 9.90 Å². The van der Waals surface area contributed by atoms with Crippen molar-refractivity contribution in [2.24, 2.45) is 0 Å². The Morgan fingerprint density at radius 1 is 1.11 bits per heavy atom. The topological polar surface area (TPSA) is 55.1 Å². The van der Waals surface area contributed by atoms with E-state index in [4.69, 9.17) is 0 Å². The lowest BCUT2D eigenvalue weighted by Crippen LogP contribution is -2.06. The highest BCUT2D eigenvalue weighted by atomic mass is 16.4. The van der Waals surface area contributed by atoms with Gasteiger partial charge >= 0.3 is 5.97 Å². The Morgan fingerprint density at radius 3 is 2.68 bits per heavy atom. The number of benzene rings is 2. The Morgan fingerprint density at radius 2 is 1.84 bits per heavy atom. The second-order valence-corrected chi connectivity index (χ2v) is 4.32. The van der Waals surface area contributed by atoms with Crippen molar-refractivity contribution in [1.29, 1.82) is 0 Å². The Hall–Kier alpha value is -2.62. The molecular weight excluding hydrogens is 240 g/mol. The minimum atomic E-state index is -0.903. The van der Waals surface area contributed by atoms with Crippen LogP contribution in [-0.4, -0.2) is 20.6 Å². The summed E-state index contributed by atoms with van der Waals surface area (Å²) >= 11 is 0. The van der Waals surface area contributed by atoms with E-state index in [0.29, 0.717) is 12.1 Å². The third kappa shape index (κ3) is 2.08. The highest BCUT2D eigenvalue weighted by Crippen LogP contribution is 2.16. The third-order valence-electron chi connectivity index (χ3n) is 3.12. The maximum atomic E-state index is 11.2. The van der Waals surface area contributed by atoms with Crippen molar-refractivity contribution >= 4 is 17.0 Å². The van der Waals surface area contributed by atoms with Crippen LogP contribution in [0.2, 0.25) is 0 Å². The van der Waals surface area contributed by atoms with E-state index >= 15 is 0 Å². The second kappa shape index (κ2) is 4.57. The monoisotopic (exact) mass is 252 g/mol. The molecule has 0 bridgehead atoms. The molecule has 0 atom stereocenters. The molecule has 1 aromatic heterocycles. The van der Waals surface area contributed by atoms with E-state index in [9.17, 15) is 9.90 Å². The number of carboxylic acids is 1. The number of rotatable bonds is 3. The smallest absolute Gasteiger partial charge is 0.336 e. The summed E-state index contributed by atoms with van der Waals surface area (Å²) in [5.74, 6) is -0.903. The van der Waals surface area contributed by atoms with Crippen molar-refractivity contribution in [2.45, 2.75) is 6.54 Å². The molecule has 0 aliphatic carbocycles. The van der Waals surface area contributed by atoms with Gasteiger partial charge in [-0.2, -0.15) is 0 Å². The van der Waals surface area contributed by atoms with Gasteiger partial charge in [0.15, 0.2) is 0 Å². The summed E-state index contributed by atoms with van der Waals surface area (Å²) in [4.78, 5) is 15.5. The first-order valence-electron chi connectivity index (χ1n) is 5.97.